The molecule has 2 amide bonds. The molecule has 0 unspecified atom stereocenters. The summed E-state index contributed by atoms with van der Waals surface area (Å²) >= 11 is 0. The van der Waals surface area contributed by atoms with Gasteiger partial charge < -0.3 is 20.3 Å². The molecule has 27 heavy (non-hydrogen) atoms. The largest absolute Gasteiger partial charge is 0.444 e. The molecule has 0 saturated carbocycles. The molecule has 2 heterocycles. The van der Waals surface area contributed by atoms with E-state index in [0.717, 1.165) is 51.9 Å². The smallest absolute Gasteiger partial charge is 0.407 e. The second kappa shape index (κ2) is 13.8. The molecule has 2 saturated heterocycles. The fraction of sp³-hybridized carbons (Fsp3) is 0.905. The van der Waals surface area contributed by atoms with Crippen molar-refractivity contribution in [3.8, 4) is 0 Å². The molecular weight excluding hydrogens is 342 g/mol. The van der Waals surface area contributed by atoms with Gasteiger partial charge in [0.15, 0.2) is 0 Å². The maximum Gasteiger partial charge on any atom is 0.407 e. The Balaban J connectivity index is 0.00000158. The van der Waals surface area contributed by atoms with Gasteiger partial charge >= 0.3 is 6.09 Å². The van der Waals surface area contributed by atoms with Gasteiger partial charge in [0.1, 0.15) is 5.60 Å². The van der Waals surface area contributed by atoms with Crippen molar-refractivity contribution in [1.29, 1.82) is 0 Å². The lowest BCUT2D eigenvalue weighted by Crippen LogP contribution is -2.46. The first-order chi connectivity index (χ1) is 12.8. The SMILES string of the molecule is CC.CC.CC(C)(C)OC(=O)NCC1CCN(C(=O)C2CCNCC2)CC1. The number of alkyl carbamates (subject to hydrolysis) is 1. The fourth-order valence-electron chi connectivity index (χ4n) is 3.23. The quantitative estimate of drug-likeness (QED) is 0.775. The lowest BCUT2D eigenvalue weighted by Gasteiger charge is -2.35. The first-order valence-electron chi connectivity index (χ1n) is 10.8. The molecule has 2 rings (SSSR count). The minimum absolute atomic E-state index is 0.202. The molecule has 2 fully saturated rings. The van der Waals surface area contributed by atoms with Crippen molar-refractivity contribution in [3.05, 3.63) is 0 Å². The number of hydrogen-bond donors (Lipinski definition) is 2. The number of amides is 2. The van der Waals surface area contributed by atoms with Gasteiger partial charge in [0.2, 0.25) is 5.91 Å². The summed E-state index contributed by atoms with van der Waals surface area (Å²) in [5.41, 5.74) is -0.464. The third-order valence-corrected chi connectivity index (χ3v) is 4.55. The predicted molar refractivity (Wildman–Crippen MR) is 112 cm³/mol. The Morgan fingerprint density at radius 1 is 1.00 bits per heavy atom. The molecule has 0 aromatic heterocycles. The molecule has 0 aliphatic carbocycles. The Bertz CT molecular complexity index is 407. The number of nitrogens with zero attached hydrogens (tertiary/aromatic N) is 1. The van der Waals surface area contributed by atoms with Crippen LogP contribution in [0.4, 0.5) is 4.79 Å². The molecule has 0 aromatic carbocycles. The van der Waals surface area contributed by atoms with E-state index in [1.807, 2.05) is 53.4 Å². The van der Waals surface area contributed by atoms with Crippen LogP contribution in [0.2, 0.25) is 0 Å². The second-order valence-electron chi connectivity index (χ2n) is 7.68. The Kier molecular flexibility index (Phi) is 13.1. The minimum Gasteiger partial charge on any atom is -0.444 e. The van der Waals surface area contributed by atoms with Crippen LogP contribution >= 0.6 is 0 Å². The van der Waals surface area contributed by atoms with Crippen LogP contribution < -0.4 is 10.6 Å². The summed E-state index contributed by atoms with van der Waals surface area (Å²) in [6, 6.07) is 0. The third kappa shape index (κ3) is 10.6. The molecule has 2 aliphatic rings. The van der Waals surface area contributed by atoms with Gasteiger partial charge in [0.05, 0.1) is 0 Å². The van der Waals surface area contributed by atoms with Crippen LogP contribution in [0.15, 0.2) is 0 Å². The number of rotatable bonds is 3. The van der Waals surface area contributed by atoms with Crippen molar-refractivity contribution in [2.45, 2.75) is 79.8 Å². The van der Waals surface area contributed by atoms with Gasteiger partial charge in [-0.05, 0) is 65.5 Å². The van der Waals surface area contributed by atoms with Gasteiger partial charge in [0, 0.05) is 25.6 Å². The zero-order valence-electron chi connectivity index (χ0n) is 18.7. The summed E-state index contributed by atoms with van der Waals surface area (Å²) in [6.45, 7) is 17.7. The monoisotopic (exact) mass is 385 g/mol. The highest BCUT2D eigenvalue weighted by molar-refractivity contribution is 5.79. The Hall–Kier alpha value is -1.30. The normalized spacial score (nSPS) is 18.4. The van der Waals surface area contributed by atoms with E-state index in [2.05, 4.69) is 10.6 Å². The van der Waals surface area contributed by atoms with Gasteiger partial charge in [-0.25, -0.2) is 4.79 Å². The molecule has 2 N–H and O–H groups in total. The van der Waals surface area contributed by atoms with Gasteiger partial charge in [-0.1, -0.05) is 27.7 Å². The minimum atomic E-state index is -0.464. The average molecular weight is 386 g/mol. The number of piperidine rings is 2. The molecule has 0 spiro atoms. The van der Waals surface area contributed by atoms with Crippen molar-refractivity contribution in [1.82, 2.24) is 15.5 Å². The third-order valence-electron chi connectivity index (χ3n) is 4.55. The van der Waals surface area contributed by atoms with E-state index in [-0.39, 0.29) is 12.0 Å². The van der Waals surface area contributed by atoms with Crippen molar-refractivity contribution < 1.29 is 14.3 Å². The molecule has 0 aromatic rings. The van der Waals surface area contributed by atoms with E-state index in [4.69, 9.17) is 4.74 Å². The lowest BCUT2D eigenvalue weighted by molar-refractivity contribution is -0.137. The zero-order valence-corrected chi connectivity index (χ0v) is 18.7. The standard InChI is InChI=1S/C17H31N3O3.2C2H6/c1-17(2,3)23-16(22)19-12-13-6-10-20(11-7-13)15(21)14-4-8-18-9-5-14;2*1-2/h13-14,18H,4-12H2,1-3H3,(H,19,22);2*1-2H3. The van der Waals surface area contributed by atoms with Gasteiger partial charge in [-0.15, -0.1) is 0 Å². The van der Waals surface area contributed by atoms with Crippen molar-refractivity contribution >= 4 is 12.0 Å². The molecular formula is C21H43N3O3. The van der Waals surface area contributed by atoms with Crippen LogP contribution in [0, 0.1) is 11.8 Å². The molecule has 6 nitrogen and oxygen atoms in total. The topological polar surface area (TPSA) is 70.7 Å². The van der Waals surface area contributed by atoms with E-state index in [1.165, 1.54) is 0 Å². The van der Waals surface area contributed by atoms with Gasteiger partial charge in [-0.3, -0.25) is 4.79 Å². The first kappa shape index (κ1) is 25.7. The summed E-state index contributed by atoms with van der Waals surface area (Å²) in [7, 11) is 0. The van der Waals surface area contributed by atoms with E-state index >= 15 is 0 Å². The molecule has 0 bridgehead atoms. The molecule has 0 atom stereocenters. The highest BCUT2D eigenvalue weighted by Gasteiger charge is 2.29. The van der Waals surface area contributed by atoms with E-state index < -0.39 is 5.60 Å². The van der Waals surface area contributed by atoms with Crippen molar-refractivity contribution in [2.75, 3.05) is 32.7 Å². The molecule has 6 heteroatoms. The highest BCUT2D eigenvalue weighted by atomic mass is 16.6. The van der Waals surface area contributed by atoms with Crippen molar-refractivity contribution in [3.63, 3.8) is 0 Å². The van der Waals surface area contributed by atoms with E-state index in [1.54, 1.807) is 0 Å². The maximum absolute atomic E-state index is 12.5. The van der Waals surface area contributed by atoms with Crippen LogP contribution in [0.1, 0.15) is 74.1 Å². The second-order valence-corrected chi connectivity index (χ2v) is 7.68. The Morgan fingerprint density at radius 3 is 2.00 bits per heavy atom. The number of ether oxygens (including phenoxy) is 1. The predicted octanol–water partition coefficient (Wildman–Crippen LogP) is 3.80. The first-order valence-corrected chi connectivity index (χ1v) is 10.8. The average Bonchev–Trinajstić information content (AvgIpc) is 2.69. The number of hydrogen-bond acceptors (Lipinski definition) is 4. The van der Waals surface area contributed by atoms with Crippen LogP contribution in [0.3, 0.4) is 0 Å². The number of carbonyl (C=O) groups excluding carboxylic acids is 2. The van der Waals surface area contributed by atoms with E-state index in [9.17, 15) is 9.59 Å². The van der Waals surface area contributed by atoms with E-state index in [0.29, 0.717) is 18.4 Å². The highest BCUT2D eigenvalue weighted by Crippen LogP contribution is 2.21. The van der Waals surface area contributed by atoms with Crippen LogP contribution in [0.25, 0.3) is 0 Å². The zero-order chi connectivity index (χ0) is 20.9. The summed E-state index contributed by atoms with van der Waals surface area (Å²) in [5, 5.41) is 6.14. The van der Waals surface area contributed by atoms with Crippen molar-refractivity contribution in [2.24, 2.45) is 11.8 Å². The van der Waals surface area contributed by atoms with Crippen LogP contribution in [-0.2, 0) is 9.53 Å². The number of carbonyl (C=O) groups is 2. The molecule has 0 radical (unpaired) electrons. The Labute approximate surface area is 166 Å². The lowest BCUT2D eigenvalue weighted by atomic mass is 9.92. The summed E-state index contributed by atoms with van der Waals surface area (Å²) in [5.74, 6) is 0.956. The summed E-state index contributed by atoms with van der Waals surface area (Å²) < 4.78 is 5.25. The van der Waals surface area contributed by atoms with Gasteiger partial charge in [0.25, 0.3) is 0 Å². The fourth-order valence-corrected chi connectivity index (χ4v) is 3.23. The summed E-state index contributed by atoms with van der Waals surface area (Å²) in [6.07, 6.45) is 3.46. The summed E-state index contributed by atoms with van der Waals surface area (Å²) in [4.78, 5) is 26.2. The number of likely N-dealkylation sites (tertiary alicyclic amines) is 1. The van der Waals surface area contributed by atoms with Crippen LogP contribution in [0.5, 0.6) is 0 Å². The molecule has 160 valence electrons. The van der Waals surface area contributed by atoms with Gasteiger partial charge in [-0.2, -0.15) is 0 Å². The maximum atomic E-state index is 12.5. The van der Waals surface area contributed by atoms with Crippen LogP contribution in [-0.4, -0.2) is 55.2 Å². The molecule has 2 aliphatic heterocycles. The number of nitrogens with one attached hydrogen (secondary N) is 2. The Morgan fingerprint density at radius 2 is 1.52 bits per heavy atom.